The molecule has 1 heterocycles. The van der Waals surface area contributed by atoms with E-state index < -0.39 is 18.1 Å². The van der Waals surface area contributed by atoms with Gasteiger partial charge in [0.25, 0.3) is 0 Å². The van der Waals surface area contributed by atoms with E-state index in [4.69, 9.17) is 5.73 Å². The number of hydrogen-bond donors (Lipinski definition) is 3. The van der Waals surface area contributed by atoms with E-state index in [0.717, 1.165) is 6.42 Å². The van der Waals surface area contributed by atoms with Crippen molar-refractivity contribution in [3.05, 3.63) is 11.9 Å². The van der Waals surface area contributed by atoms with Crippen molar-refractivity contribution in [2.75, 3.05) is 30.3 Å². The number of carbonyl (C=O) groups is 1. The lowest BCUT2D eigenvalue weighted by atomic mass is 10.4. The number of halogens is 3. The van der Waals surface area contributed by atoms with Gasteiger partial charge in [-0.25, -0.2) is 14.8 Å². The van der Waals surface area contributed by atoms with Crippen molar-refractivity contribution < 1.29 is 22.7 Å². The van der Waals surface area contributed by atoms with Gasteiger partial charge in [-0.2, -0.15) is 13.2 Å². The third-order valence-electron chi connectivity index (χ3n) is 2.19. The summed E-state index contributed by atoms with van der Waals surface area (Å²) in [5, 5.41) is 5.36. The Hall–Kier alpha value is -2.26. The van der Waals surface area contributed by atoms with Gasteiger partial charge in [-0.1, -0.05) is 6.92 Å². The Labute approximate surface area is 119 Å². The Morgan fingerprint density at radius 3 is 2.33 bits per heavy atom. The molecule has 0 radical (unpaired) electrons. The van der Waals surface area contributed by atoms with E-state index in [9.17, 15) is 18.0 Å². The molecule has 0 bridgehead atoms. The topological polar surface area (TPSA) is 102 Å². The molecule has 118 valence electrons. The average Bonchev–Trinajstić information content (AvgIpc) is 2.40. The van der Waals surface area contributed by atoms with Crippen molar-refractivity contribution in [3.63, 3.8) is 0 Å². The maximum Gasteiger partial charge on any atom is 0.451 e. The SMILES string of the molecule is CCCNc1cc(NCCOC(N)=O)nc(C(F)(F)F)n1. The van der Waals surface area contributed by atoms with Crippen molar-refractivity contribution in [2.45, 2.75) is 19.5 Å². The van der Waals surface area contributed by atoms with Crippen molar-refractivity contribution in [1.82, 2.24) is 9.97 Å². The van der Waals surface area contributed by atoms with Crippen LogP contribution in [0.5, 0.6) is 0 Å². The zero-order valence-corrected chi connectivity index (χ0v) is 11.3. The number of rotatable bonds is 7. The highest BCUT2D eigenvalue weighted by Gasteiger charge is 2.35. The van der Waals surface area contributed by atoms with E-state index in [-0.39, 0.29) is 24.8 Å². The fourth-order valence-corrected chi connectivity index (χ4v) is 1.34. The first kappa shape index (κ1) is 16.8. The minimum atomic E-state index is -4.65. The molecule has 1 aromatic rings. The molecule has 0 saturated heterocycles. The molecular weight excluding hydrogens is 291 g/mol. The van der Waals surface area contributed by atoms with E-state index in [0.29, 0.717) is 6.54 Å². The first-order valence-electron chi connectivity index (χ1n) is 6.19. The van der Waals surface area contributed by atoms with Crippen LogP contribution in [0.1, 0.15) is 19.2 Å². The van der Waals surface area contributed by atoms with Crippen molar-refractivity contribution in [3.8, 4) is 0 Å². The summed E-state index contributed by atoms with van der Waals surface area (Å²) >= 11 is 0. The molecule has 0 unspecified atom stereocenters. The largest absolute Gasteiger partial charge is 0.451 e. The fourth-order valence-electron chi connectivity index (χ4n) is 1.34. The Morgan fingerprint density at radius 2 is 1.86 bits per heavy atom. The molecule has 0 aromatic carbocycles. The summed E-state index contributed by atoms with van der Waals surface area (Å²) in [5.74, 6) is -1.21. The number of nitrogens with two attached hydrogens (primary N) is 1. The fraction of sp³-hybridized carbons (Fsp3) is 0.545. The predicted octanol–water partition coefficient (Wildman–Crippen LogP) is 1.82. The van der Waals surface area contributed by atoms with Gasteiger partial charge < -0.3 is 21.1 Å². The Bertz CT molecular complexity index is 481. The van der Waals surface area contributed by atoms with E-state index in [1.54, 1.807) is 0 Å². The van der Waals surface area contributed by atoms with Crippen LogP contribution in [-0.4, -0.2) is 35.8 Å². The molecule has 1 aromatic heterocycles. The van der Waals surface area contributed by atoms with E-state index in [1.165, 1.54) is 6.07 Å². The molecule has 0 atom stereocenters. The van der Waals surface area contributed by atoms with Crippen LogP contribution in [0.25, 0.3) is 0 Å². The van der Waals surface area contributed by atoms with Gasteiger partial charge in [0.2, 0.25) is 5.82 Å². The summed E-state index contributed by atoms with van der Waals surface area (Å²) in [7, 11) is 0. The Morgan fingerprint density at radius 1 is 1.29 bits per heavy atom. The number of alkyl halides is 3. The normalized spacial score (nSPS) is 11.0. The lowest BCUT2D eigenvalue weighted by Crippen LogP contribution is -2.20. The van der Waals surface area contributed by atoms with Gasteiger partial charge in [0.15, 0.2) is 0 Å². The van der Waals surface area contributed by atoms with Gasteiger partial charge >= 0.3 is 12.3 Å². The Balaban J connectivity index is 2.78. The number of primary amides is 1. The van der Waals surface area contributed by atoms with Crippen LogP contribution in [0, 0.1) is 0 Å². The van der Waals surface area contributed by atoms with E-state index >= 15 is 0 Å². The number of hydrogen-bond acceptors (Lipinski definition) is 6. The minimum absolute atomic E-state index is 0.0241. The molecule has 1 rings (SSSR count). The first-order valence-corrected chi connectivity index (χ1v) is 6.19. The molecular formula is C11H16F3N5O2. The number of amides is 1. The number of nitrogens with one attached hydrogen (secondary N) is 2. The quantitative estimate of drug-likeness (QED) is 0.664. The highest BCUT2D eigenvalue weighted by molar-refractivity contribution is 5.64. The van der Waals surface area contributed by atoms with Crippen molar-refractivity contribution >= 4 is 17.7 Å². The van der Waals surface area contributed by atoms with Gasteiger partial charge in [0.1, 0.15) is 18.2 Å². The summed E-state index contributed by atoms with van der Waals surface area (Å²) in [6.45, 7) is 2.35. The second-order valence-electron chi connectivity index (χ2n) is 3.98. The number of ether oxygens (including phenoxy) is 1. The molecule has 0 fully saturated rings. The third-order valence-corrected chi connectivity index (χ3v) is 2.19. The van der Waals surface area contributed by atoms with Gasteiger partial charge in [-0.05, 0) is 6.42 Å². The maximum absolute atomic E-state index is 12.7. The summed E-state index contributed by atoms with van der Waals surface area (Å²) in [4.78, 5) is 17.1. The van der Waals surface area contributed by atoms with Crippen LogP contribution >= 0.6 is 0 Å². The smallest absolute Gasteiger partial charge is 0.448 e. The van der Waals surface area contributed by atoms with Crippen LogP contribution in [0.4, 0.5) is 29.6 Å². The number of nitrogens with zero attached hydrogens (tertiary/aromatic N) is 2. The number of carbonyl (C=O) groups excluding carboxylic acids is 1. The Kier molecular flexibility index (Phi) is 6.00. The molecule has 0 spiro atoms. The third kappa shape index (κ3) is 6.15. The van der Waals surface area contributed by atoms with Crippen LogP contribution in [-0.2, 0) is 10.9 Å². The van der Waals surface area contributed by atoms with Crippen LogP contribution in [0.15, 0.2) is 6.07 Å². The molecule has 0 aliphatic carbocycles. The summed E-state index contributed by atoms with van der Waals surface area (Å²) in [6, 6.07) is 1.34. The molecule has 10 heteroatoms. The van der Waals surface area contributed by atoms with Gasteiger partial charge in [-0.3, -0.25) is 0 Å². The predicted molar refractivity (Wildman–Crippen MR) is 69.8 cm³/mol. The maximum atomic E-state index is 12.7. The highest BCUT2D eigenvalue weighted by atomic mass is 19.4. The van der Waals surface area contributed by atoms with Crippen LogP contribution in [0.2, 0.25) is 0 Å². The van der Waals surface area contributed by atoms with Crippen molar-refractivity contribution in [1.29, 1.82) is 0 Å². The lowest BCUT2D eigenvalue weighted by Gasteiger charge is -2.12. The van der Waals surface area contributed by atoms with Gasteiger partial charge in [0, 0.05) is 12.6 Å². The van der Waals surface area contributed by atoms with E-state index in [2.05, 4.69) is 25.3 Å². The molecule has 1 amide bonds. The molecule has 0 saturated carbocycles. The molecule has 4 N–H and O–H groups in total. The van der Waals surface area contributed by atoms with Crippen LogP contribution in [0.3, 0.4) is 0 Å². The summed E-state index contributed by atoms with van der Waals surface area (Å²) < 4.78 is 42.5. The number of anilines is 2. The first-order chi connectivity index (χ1) is 9.82. The summed E-state index contributed by atoms with van der Waals surface area (Å²) in [5.41, 5.74) is 4.76. The minimum Gasteiger partial charge on any atom is -0.448 e. The molecule has 21 heavy (non-hydrogen) atoms. The second kappa shape index (κ2) is 7.50. The molecule has 0 aliphatic rings. The molecule has 0 aliphatic heterocycles. The van der Waals surface area contributed by atoms with Crippen LogP contribution < -0.4 is 16.4 Å². The van der Waals surface area contributed by atoms with Gasteiger partial charge in [0.05, 0.1) is 6.54 Å². The second-order valence-corrected chi connectivity index (χ2v) is 3.98. The average molecular weight is 307 g/mol. The van der Waals surface area contributed by atoms with Crippen molar-refractivity contribution in [2.24, 2.45) is 5.73 Å². The van der Waals surface area contributed by atoms with E-state index in [1.807, 2.05) is 6.92 Å². The molecule has 7 nitrogen and oxygen atoms in total. The van der Waals surface area contributed by atoms with Gasteiger partial charge in [-0.15, -0.1) is 0 Å². The summed E-state index contributed by atoms with van der Waals surface area (Å²) in [6.07, 6.45) is -4.87. The highest BCUT2D eigenvalue weighted by Crippen LogP contribution is 2.28. The monoisotopic (exact) mass is 307 g/mol. The zero-order chi connectivity index (χ0) is 15.9. The standard InChI is InChI=1S/C11H16F3N5O2/c1-2-3-16-7-6-8(17-4-5-21-10(15)20)19-9(18-7)11(12,13)14/h6H,2-5H2,1H3,(H2,15,20)(H2,16,17,18,19). The number of aromatic nitrogens is 2. The zero-order valence-electron chi connectivity index (χ0n) is 11.3. The lowest BCUT2D eigenvalue weighted by molar-refractivity contribution is -0.144.